The van der Waals surface area contributed by atoms with Crippen molar-refractivity contribution < 1.29 is 28.3 Å². The number of hydrogen-bond donors (Lipinski definition) is 3. The molecule has 9 heteroatoms. The smallest absolute Gasteiger partial charge is 0.329 e. The van der Waals surface area contributed by atoms with Gasteiger partial charge in [0.2, 0.25) is 0 Å². The maximum Gasteiger partial charge on any atom is 0.329 e. The summed E-state index contributed by atoms with van der Waals surface area (Å²) in [5.41, 5.74) is -0.208. The van der Waals surface area contributed by atoms with Crippen molar-refractivity contribution in [2.75, 3.05) is 6.61 Å². The molecule has 0 unspecified atom stereocenters. The summed E-state index contributed by atoms with van der Waals surface area (Å²) in [6.45, 7) is 6.28. The summed E-state index contributed by atoms with van der Waals surface area (Å²) in [6, 6.07) is 3.46. The Morgan fingerprint density at radius 1 is 1.07 bits per heavy atom. The van der Waals surface area contributed by atoms with Gasteiger partial charge >= 0.3 is 12.0 Å². The van der Waals surface area contributed by atoms with Crippen LogP contribution in [0.1, 0.15) is 44.5 Å². The Balaban J connectivity index is 2.61. The summed E-state index contributed by atoms with van der Waals surface area (Å²) in [6.07, 6.45) is 0.689. The van der Waals surface area contributed by atoms with E-state index in [0.717, 1.165) is 6.07 Å². The Bertz CT molecular complexity index is 723. The van der Waals surface area contributed by atoms with Gasteiger partial charge in [-0.25, -0.2) is 14.0 Å². The van der Waals surface area contributed by atoms with Crippen LogP contribution in [0.25, 0.3) is 0 Å². The molecule has 0 spiro atoms. The summed E-state index contributed by atoms with van der Waals surface area (Å²) in [5.74, 6) is -3.54. The fourth-order valence-electron chi connectivity index (χ4n) is 2.11. The fraction of sp³-hybridized carbons (Fsp3) is 0.474. The third-order valence-electron chi connectivity index (χ3n) is 3.91. The van der Waals surface area contributed by atoms with Crippen LogP contribution >= 0.6 is 0 Å². The molecule has 0 saturated heterocycles. The largest absolute Gasteiger partial charge is 0.454 e. The molecule has 0 bridgehead atoms. The molecule has 3 N–H and O–H groups in total. The summed E-state index contributed by atoms with van der Waals surface area (Å²) in [7, 11) is 0. The standard InChI is InChI=1S/C19H26FN3O5/c1-5-12(4)21-19(27)22-15(24)10-28-18(26)16(11(2)3)23-17(25)13-8-6-7-9-14(13)20/h6-9,11-12,16H,5,10H2,1-4H3,(H,23,25)(H2,21,22,24,27)/t12-,16+/m1/s1. The number of carbonyl (C=O) groups is 4. The van der Waals surface area contributed by atoms with E-state index in [4.69, 9.17) is 4.74 Å². The monoisotopic (exact) mass is 395 g/mol. The number of esters is 1. The Morgan fingerprint density at radius 2 is 1.71 bits per heavy atom. The molecule has 0 aliphatic rings. The van der Waals surface area contributed by atoms with Gasteiger partial charge in [-0.3, -0.25) is 14.9 Å². The zero-order valence-electron chi connectivity index (χ0n) is 16.4. The molecule has 154 valence electrons. The summed E-state index contributed by atoms with van der Waals surface area (Å²) < 4.78 is 18.6. The molecule has 0 aliphatic heterocycles. The molecule has 1 aromatic rings. The van der Waals surface area contributed by atoms with Crippen molar-refractivity contribution in [3.05, 3.63) is 35.6 Å². The van der Waals surface area contributed by atoms with E-state index in [1.54, 1.807) is 20.8 Å². The fourth-order valence-corrected chi connectivity index (χ4v) is 2.11. The number of halogens is 1. The maximum atomic E-state index is 13.7. The van der Waals surface area contributed by atoms with Crippen LogP contribution in [0.15, 0.2) is 24.3 Å². The lowest BCUT2D eigenvalue weighted by molar-refractivity contribution is -0.151. The second-order valence-corrected chi connectivity index (χ2v) is 6.61. The third kappa shape index (κ3) is 7.34. The molecule has 0 radical (unpaired) electrons. The molecule has 1 rings (SSSR count). The average Bonchev–Trinajstić information content (AvgIpc) is 2.63. The molecule has 0 aliphatic carbocycles. The van der Waals surface area contributed by atoms with E-state index in [-0.39, 0.29) is 17.5 Å². The second kappa shape index (κ2) is 11.0. The Kier molecular flexibility index (Phi) is 9.07. The van der Waals surface area contributed by atoms with E-state index >= 15 is 0 Å². The van der Waals surface area contributed by atoms with Crippen molar-refractivity contribution in [2.24, 2.45) is 5.92 Å². The molecular weight excluding hydrogens is 369 g/mol. The first-order valence-electron chi connectivity index (χ1n) is 8.98. The van der Waals surface area contributed by atoms with Gasteiger partial charge in [0.15, 0.2) is 6.61 Å². The molecule has 2 atom stereocenters. The van der Waals surface area contributed by atoms with Gasteiger partial charge in [-0.2, -0.15) is 0 Å². The van der Waals surface area contributed by atoms with Crippen LogP contribution in [0, 0.1) is 11.7 Å². The third-order valence-corrected chi connectivity index (χ3v) is 3.91. The minimum Gasteiger partial charge on any atom is -0.454 e. The molecule has 0 aromatic heterocycles. The molecule has 8 nitrogen and oxygen atoms in total. The number of ether oxygens (including phenoxy) is 1. The zero-order valence-corrected chi connectivity index (χ0v) is 16.4. The van der Waals surface area contributed by atoms with Crippen LogP contribution in [0.4, 0.5) is 9.18 Å². The first kappa shape index (κ1) is 23.1. The van der Waals surface area contributed by atoms with Gasteiger partial charge in [-0.15, -0.1) is 0 Å². The van der Waals surface area contributed by atoms with E-state index in [2.05, 4.69) is 10.6 Å². The number of nitrogens with one attached hydrogen (secondary N) is 3. The number of imide groups is 1. The van der Waals surface area contributed by atoms with Gasteiger partial charge in [0.1, 0.15) is 11.9 Å². The Morgan fingerprint density at radius 3 is 2.29 bits per heavy atom. The van der Waals surface area contributed by atoms with Crippen LogP contribution in [0.3, 0.4) is 0 Å². The van der Waals surface area contributed by atoms with Crippen molar-refractivity contribution in [1.82, 2.24) is 16.0 Å². The molecule has 28 heavy (non-hydrogen) atoms. The van der Waals surface area contributed by atoms with Crippen LogP contribution in [-0.2, 0) is 14.3 Å². The van der Waals surface area contributed by atoms with E-state index in [9.17, 15) is 23.6 Å². The van der Waals surface area contributed by atoms with Crippen LogP contribution in [0.5, 0.6) is 0 Å². The number of rotatable bonds is 8. The minimum atomic E-state index is -1.09. The predicted molar refractivity (Wildman–Crippen MR) is 99.9 cm³/mol. The van der Waals surface area contributed by atoms with Gasteiger partial charge < -0.3 is 15.4 Å². The Labute approximate surface area is 163 Å². The lowest BCUT2D eigenvalue weighted by Crippen LogP contribution is -2.47. The van der Waals surface area contributed by atoms with E-state index < -0.39 is 42.3 Å². The predicted octanol–water partition coefficient (Wildman–Crippen LogP) is 1.75. The number of benzene rings is 1. The quantitative estimate of drug-likeness (QED) is 0.580. The minimum absolute atomic E-state index is 0.116. The van der Waals surface area contributed by atoms with Crippen molar-refractivity contribution in [2.45, 2.75) is 46.2 Å². The van der Waals surface area contributed by atoms with Gasteiger partial charge in [0, 0.05) is 6.04 Å². The van der Waals surface area contributed by atoms with Crippen molar-refractivity contribution in [3.63, 3.8) is 0 Å². The highest BCUT2D eigenvalue weighted by molar-refractivity contribution is 5.98. The number of urea groups is 1. The van der Waals surface area contributed by atoms with Gasteiger partial charge in [0.25, 0.3) is 11.8 Å². The molecule has 0 saturated carbocycles. The number of hydrogen-bond acceptors (Lipinski definition) is 5. The molecule has 4 amide bonds. The van der Waals surface area contributed by atoms with Gasteiger partial charge in [0.05, 0.1) is 5.56 Å². The van der Waals surface area contributed by atoms with Crippen molar-refractivity contribution in [1.29, 1.82) is 0 Å². The normalized spacial score (nSPS) is 12.6. The number of amides is 4. The summed E-state index contributed by atoms with van der Waals surface area (Å²) in [4.78, 5) is 47.7. The maximum absolute atomic E-state index is 13.7. The van der Waals surface area contributed by atoms with Crippen molar-refractivity contribution in [3.8, 4) is 0 Å². The molecule has 1 aromatic carbocycles. The zero-order chi connectivity index (χ0) is 21.3. The van der Waals surface area contributed by atoms with Crippen LogP contribution in [0.2, 0.25) is 0 Å². The van der Waals surface area contributed by atoms with Gasteiger partial charge in [-0.1, -0.05) is 32.9 Å². The first-order valence-corrected chi connectivity index (χ1v) is 8.98. The lowest BCUT2D eigenvalue weighted by Gasteiger charge is -2.21. The average molecular weight is 395 g/mol. The SMILES string of the molecule is CC[C@@H](C)NC(=O)NC(=O)COC(=O)[C@@H](NC(=O)c1ccccc1F)C(C)C. The van der Waals surface area contributed by atoms with Crippen molar-refractivity contribution >= 4 is 23.8 Å². The second-order valence-electron chi connectivity index (χ2n) is 6.61. The number of carbonyl (C=O) groups excluding carboxylic acids is 4. The van der Waals surface area contributed by atoms with Gasteiger partial charge in [-0.05, 0) is 31.4 Å². The lowest BCUT2D eigenvalue weighted by atomic mass is 10.0. The Hall–Kier alpha value is -2.97. The van der Waals surface area contributed by atoms with Crippen LogP contribution in [-0.4, -0.2) is 42.5 Å². The van der Waals surface area contributed by atoms with E-state index in [1.807, 2.05) is 12.2 Å². The molecule has 0 heterocycles. The molecule has 0 fully saturated rings. The molecular formula is C19H26FN3O5. The topological polar surface area (TPSA) is 114 Å². The summed E-state index contributed by atoms with van der Waals surface area (Å²) in [5, 5.41) is 6.98. The van der Waals surface area contributed by atoms with Crippen LogP contribution < -0.4 is 16.0 Å². The highest BCUT2D eigenvalue weighted by atomic mass is 19.1. The van der Waals surface area contributed by atoms with E-state index in [0.29, 0.717) is 6.42 Å². The first-order chi connectivity index (χ1) is 13.1. The highest BCUT2D eigenvalue weighted by Crippen LogP contribution is 2.09. The highest BCUT2D eigenvalue weighted by Gasteiger charge is 2.27. The van der Waals surface area contributed by atoms with E-state index in [1.165, 1.54) is 18.2 Å². The summed E-state index contributed by atoms with van der Waals surface area (Å²) >= 11 is 0.